The molecule has 0 aliphatic carbocycles. The Bertz CT molecular complexity index is 721. The predicted molar refractivity (Wildman–Crippen MR) is 105 cm³/mol. The summed E-state index contributed by atoms with van der Waals surface area (Å²) in [4.78, 5) is 24.1. The molecule has 0 bridgehead atoms. The van der Waals surface area contributed by atoms with Crippen LogP contribution < -0.4 is 10.6 Å². The Kier molecular flexibility index (Phi) is 7.00. The highest BCUT2D eigenvalue weighted by molar-refractivity contribution is 9.11. The number of thioether (sulfide) groups is 1. The maximum absolute atomic E-state index is 12.2. The fourth-order valence-electron chi connectivity index (χ4n) is 1.75. The van der Waals surface area contributed by atoms with E-state index in [2.05, 4.69) is 52.7 Å². The van der Waals surface area contributed by atoms with Gasteiger partial charge in [0.2, 0.25) is 11.8 Å². The summed E-state index contributed by atoms with van der Waals surface area (Å²) in [5.41, 5.74) is 1.53. The Labute approximate surface area is 161 Å². The lowest BCUT2D eigenvalue weighted by molar-refractivity contribution is -0.122. The third-order valence-corrected chi connectivity index (χ3v) is 5.40. The molecule has 1 aromatic rings. The molecular weight excluding hydrogens is 460 g/mol. The monoisotopic (exact) mass is 474 g/mol. The zero-order valence-electron chi connectivity index (χ0n) is 13.1. The molecule has 0 unspecified atom stereocenters. The van der Waals surface area contributed by atoms with Crippen LogP contribution in [0.2, 0.25) is 0 Å². The van der Waals surface area contributed by atoms with Gasteiger partial charge in [0.1, 0.15) is 5.25 Å². The maximum Gasteiger partial charge on any atom is 0.240 e. The zero-order chi connectivity index (χ0) is 17.7. The van der Waals surface area contributed by atoms with Crippen molar-refractivity contribution in [2.24, 2.45) is 10.2 Å². The number of carbonyl (C=O) groups is 2. The Balaban J connectivity index is 1.96. The fourth-order valence-corrected chi connectivity index (χ4v) is 3.81. The maximum atomic E-state index is 12.2. The van der Waals surface area contributed by atoms with Crippen molar-refractivity contribution in [3.8, 4) is 0 Å². The normalized spacial score (nSPS) is 19.5. The summed E-state index contributed by atoms with van der Waals surface area (Å²) >= 11 is 7.96. The van der Waals surface area contributed by atoms with Gasteiger partial charge in [0.25, 0.3) is 0 Å². The van der Waals surface area contributed by atoms with Crippen molar-refractivity contribution in [2.75, 3.05) is 5.32 Å². The van der Waals surface area contributed by atoms with Crippen molar-refractivity contribution < 1.29 is 9.59 Å². The molecule has 9 heteroatoms. The minimum absolute atomic E-state index is 0.0640. The summed E-state index contributed by atoms with van der Waals surface area (Å²) in [5, 5.41) is 13.4. The molecule has 1 aliphatic rings. The number of benzene rings is 1. The first kappa shape index (κ1) is 19.1. The molecule has 0 saturated carbocycles. The third kappa shape index (κ3) is 5.42. The van der Waals surface area contributed by atoms with Crippen LogP contribution in [0.5, 0.6) is 0 Å². The van der Waals surface area contributed by atoms with Crippen LogP contribution in [0.3, 0.4) is 0 Å². The number of nitrogens with zero attached hydrogens (tertiary/aromatic N) is 2. The SMILES string of the molecule is CCC(C)=NN=C1NC(=O)[C@H](CC(=O)Nc2ccc(Br)cc2Br)S1. The van der Waals surface area contributed by atoms with E-state index in [1.54, 1.807) is 6.07 Å². The molecule has 1 saturated heterocycles. The first-order chi connectivity index (χ1) is 11.4. The van der Waals surface area contributed by atoms with Gasteiger partial charge in [-0.05, 0) is 47.5 Å². The number of hydrogen-bond acceptors (Lipinski definition) is 5. The van der Waals surface area contributed by atoms with Gasteiger partial charge in [-0.3, -0.25) is 9.59 Å². The van der Waals surface area contributed by atoms with Crippen LogP contribution in [-0.2, 0) is 9.59 Å². The average molecular weight is 476 g/mol. The van der Waals surface area contributed by atoms with E-state index in [1.165, 1.54) is 11.8 Å². The van der Waals surface area contributed by atoms with Gasteiger partial charge in [-0.2, -0.15) is 5.10 Å². The first-order valence-electron chi connectivity index (χ1n) is 7.22. The van der Waals surface area contributed by atoms with E-state index in [4.69, 9.17) is 0 Å². The topological polar surface area (TPSA) is 82.9 Å². The van der Waals surface area contributed by atoms with Crippen molar-refractivity contribution in [3.63, 3.8) is 0 Å². The Hall–Kier alpha value is -1.19. The summed E-state index contributed by atoms with van der Waals surface area (Å²) in [6, 6.07) is 5.45. The molecule has 0 aromatic heterocycles. The van der Waals surface area contributed by atoms with Crippen LogP contribution in [0, 0.1) is 0 Å². The fraction of sp³-hybridized carbons (Fsp3) is 0.333. The molecule has 1 fully saturated rings. The number of anilines is 1. The van der Waals surface area contributed by atoms with E-state index in [0.29, 0.717) is 10.9 Å². The van der Waals surface area contributed by atoms with E-state index in [0.717, 1.165) is 21.1 Å². The van der Waals surface area contributed by atoms with Gasteiger partial charge in [-0.25, -0.2) is 0 Å². The van der Waals surface area contributed by atoms with Gasteiger partial charge in [0, 0.05) is 21.1 Å². The van der Waals surface area contributed by atoms with Crippen LogP contribution in [0.1, 0.15) is 26.7 Å². The summed E-state index contributed by atoms with van der Waals surface area (Å²) in [7, 11) is 0. The summed E-state index contributed by atoms with van der Waals surface area (Å²) in [5.74, 6) is -0.465. The molecule has 2 N–H and O–H groups in total. The Morgan fingerprint density at radius 3 is 2.83 bits per heavy atom. The van der Waals surface area contributed by atoms with Gasteiger partial charge >= 0.3 is 0 Å². The van der Waals surface area contributed by atoms with Crippen LogP contribution in [0.4, 0.5) is 5.69 Å². The van der Waals surface area contributed by atoms with Gasteiger partial charge in [-0.1, -0.05) is 34.6 Å². The second-order valence-corrected chi connectivity index (χ2v) is 8.03. The van der Waals surface area contributed by atoms with E-state index < -0.39 is 5.25 Å². The lowest BCUT2D eigenvalue weighted by atomic mass is 10.2. The van der Waals surface area contributed by atoms with Crippen LogP contribution in [0.15, 0.2) is 37.3 Å². The van der Waals surface area contributed by atoms with Crippen molar-refractivity contribution in [1.29, 1.82) is 0 Å². The van der Waals surface area contributed by atoms with E-state index in [9.17, 15) is 9.59 Å². The van der Waals surface area contributed by atoms with E-state index in [1.807, 2.05) is 26.0 Å². The second kappa shape index (κ2) is 8.77. The number of rotatable bonds is 5. The molecule has 1 heterocycles. The predicted octanol–water partition coefficient (Wildman–Crippen LogP) is 3.91. The summed E-state index contributed by atoms with van der Waals surface area (Å²) in [6.07, 6.45) is 0.859. The number of amides is 2. The van der Waals surface area contributed by atoms with Crippen molar-refractivity contribution >= 4 is 72.0 Å². The van der Waals surface area contributed by atoms with Crippen LogP contribution in [-0.4, -0.2) is 27.9 Å². The lowest BCUT2D eigenvalue weighted by Crippen LogP contribution is -2.28. The molecule has 1 aromatic carbocycles. The molecule has 24 heavy (non-hydrogen) atoms. The summed E-state index contributed by atoms with van der Waals surface area (Å²) < 4.78 is 1.67. The minimum atomic E-state index is -0.505. The number of hydrogen-bond donors (Lipinski definition) is 2. The highest BCUT2D eigenvalue weighted by Crippen LogP contribution is 2.27. The smallest absolute Gasteiger partial charge is 0.240 e. The molecule has 0 spiro atoms. The van der Waals surface area contributed by atoms with Gasteiger partial charge < -0.3 is 10.6 Å². The first-order valence-corrected chi connectivity index (χ1v) is 9.69. The minimum Gasteiger partial charge on any atom is -0.325 e. The largest absolute Gasteiger partial charge is 0.325 e. The molecule has 128 valence electrons. The molecule has 0 radical (unpaired) electrons. The van der Waals surface area contributed by atoms with Crippen LogP contribution >= 0.6 is 43.6 Å². The van der Waals surface area contributed by atoms with Gasteiger partial charge in [0.15, 0.2) is 5.17 Å². The average Bonchev–Trinajstić information content (AvgIpc) is 2.87. The van der Waals surface area contributed by atoms with Gasteiger partial charge in [-0.15, -0.1) is 5.10 Å². The molecule has 6 nitrogen and oxygen atoms in total. The Morgan fingerprint density at radius 1 is 1.42 bits per heavy atom. The molecule has 2 rings (SSSR count). The quantitative estimate of drug-likeness (QED) is 0.500. The second-order valence-electron chi connectivity index (χ2n) is 5.07. The lowest BCUT2D eigenvalue weighted by Gasteiger charge is -2.09. The van der Waals surface area contributed by atoms with Gasteiger partial charge in [0.05, 0.1) is 5.69 Å². The standard InChI is InChI=1S/C15H16Br2N4O2S/c1-3-8(2)20-21-15-19-14(23)12(24-15)7-13(22)18-11-5-4-9(16)6-10(11)17/h4-6,12H,3,7H2,1-2H3,(H,18,22)(H,19,21,23)/t12-/m0/s1. The molecule has 1 aliphatic heterocycles. The number of amidine groups is 1. The number of halogens is 2. The van der Waals surface area contributed by atoms with E-state index in [-0.39, 0.29) is 18.2 Å². The van der Waals surface area contributed by atoms with Crippen molar-refractivity contribution in [1.82, 2.24) is 5.32 Å². The van der Waals surface area contributed by atoms with Crippen molar-refractivity contribution in [2.45, 2.75) is 31.9 Å². The molecular formula is C15H16Br2N4O2S. The number of nitrogens with one attached hydrogen (secondary N) is 2. The molecule has 2 amide bonds. The highest BCUT2D eigenvalue weighted by atomic mass is 79.9. The zero-order valence-corrected chi connectivity index (χ0v) is 17.1. The van der Waals surface area contributed by atoms with E-state index >= 15 is 0 Å². The van der Waals surface area contributed by atoms with Crippen LogP contribution in [0.25, 0.3) is 0 Å². The third-order valence-electron chi connectivity index (χ3n) is 3.18. The molecule has 1 atom stereocenters. The highest BCUT2D eigenvalue weighted by Gasteiger charge is 2.32. The van der Waals surface area contributed by atoms with Crippen molar-refractivity contribution in [3.05, 3.63) is 27.1 Å². The number of carbonyl (C=O) groups excluding carboxylic acids is 2. The Morgan fingerprint density at radius 2 is 2.17 bits per heavy atom. The summed E-state index contributed by atoms with van der Waals surface area (Å²) in [6.45, 7) is 3.85.